The SMILES string of the molecule is C=C(CC(C)C)c1c(N)cccc1F. The van der Waals surface area contributed by atoms with Gasteiger partial charge in [0.2, 0.25) is 0 Å². The summed E-state index contributed by atoms with van der Waals surface area (Å²) in [6.07, 6.45) is 0.769. The van der Waals surface area contributed by atoms with Crippen molar-refractivity contribution in [2.45, 2.75) is 20.3 Å². The lowest BCUT2D eigenvalue weighted by atomic mass is 9.96. The van der Waals surface area contributed by atoms with Gasteiger partial charge in [0.05, 0.1) is 0 Å². The highest BCUT2D eigenvalue weighted by Crippen LogP contribution is 2.27. The standard InChI is InChI=1S/C12H16FN/c1-8(2)7-9(3)12-10(13)5-4-6-11(12)14/h4-6,8H,3,7,14H2,1-2H3. The van der Waals surface area contributed by atoms with Crippen LogP contribution in [0.4, 0.5) is 10.1 Å². The van der Waals surface area contributed by atoms with Crippen molar-refractivity contribution in [2.24, 2.45) is 5.92 Å². The van der Waals surface area contributed by atoms with Crippen LogP contribution in [0, 0.1) is 11.7 Å². The van der Waals surface area contributed by atoms with E-state index in [1.807, 2.05) is 0 Å². The van der Waals surface area contributed by atoms with Gasteiger partial charge < -0.3 is 5.73 Å². The first-order valence-electron chi connectivity index (χ1n) is 4.74. The first-order chi connectivity index (χ1) is 6.52. The first kappa shape index (κ1) is 10.8. The third-order valence-corrected chi connectivity index (χ3v) is 2.05. The van der Waals surface area contributed by atoms with Crippen LogP contribution >= 0.6 is 0 Å². The molecule has 1 aromatic rings. The lowest BCUT2D eigenvalue weighted by Crippen LogP contribution is -1.99. The molecule has 1 nitrogen and oxygen atoms in total. The monoisotopic (exact) mass is 193 g/mol. The highest BCUT2D eigenvalue weighted by Gasteiger charge is 2.10. The largest absolute Gasteiger partial charge is 0.398 e. The second-order valence-corrected chi connectivity index (χ2v) is 3.91. The molecule has 76 valence electrons. The molecule has 0 saturated carbocycles. The minimum Gasteiger partial charge on any atom is -0.398 e. The van der Waals surface area contributed by atoms with Gasteiger partial charge in [-0.2, -0.15) is 0 Å². The van der Waals surface area contributed by atoms with E-state index >= 15 is 0 Å². The average molecular weight is 193 g/mol. The number of halogens is 1. The van der Waals surface area contributed by atoms with Crippen LogP contribution in [-0.2, 0) is 0 Å². The number of nitrogens with two attached hydrogens (primary N) is 1. The molecule has 2 N–H and O–H groups in total. The molecule has 0 aliphatic carbocycles. The summed E-state index contributed by atoms with van der Waals surface area (Å²) in [5.74, 6) is 0.178. The van der Waals surface area contributed by atoms with E-state index in [1.165, 1.54) is 6.07 Å². The van der Waals surface area contributed by atoms with Crippen molar-refractivity contribution in [1.29, 1.82) is 0 Å². The molecule has 0 spiro atoms. The van der Waals surface area contributed by atoms with Crippen LogP contribution < -0.4 is 5.73 Å². The molecule has 1 rings (SSSR count). The summed E-state index contributed by atoms with van der Waals surface area (Å²) in [6.45, 7) is 8.01. The van der Waals surface area contributed by atoms with Crippen LogP contribution in [0.15, 0.2) is 24.8 Å². The van der Waals surface area contributed by atoms with Crippen molar-refractivity contribution < 1.29 is 4.39 Å². The molecular weight excluding hydrogens is 177 g/mol. The fraction of sp³-hybridized carbons (Fsp3) is 0.333. The Morgan fingerprint density at radius 1 is 1.50 bits per heavy atom. The summed E-state index contributed by atoms with van der Waals surface area (Å²) in [5.41, 5.74) is 7.41. The molecule has 0 fully saturated rings. The van der Waals surface area contributed by atoms with E-state index < -0.39 is 0 Å². The summed E-state index contributed by atoms with van der Waals surface area (Å²) in [7, 11) is 0. The molecular formula is C12H16FN. The van der Waals surface area contributed by atoms with E-state index in [0.717, 1.165) is 12.0 Å². The number of benzene rings is 1. The molecule has 0 saturated heterocycles. The fourth-order valence-electron chi connectivity index (χ4n) is 1.51. The third kappa shape index (κ3) is 2.34. The summed E-state index contributed by atoms with van der Waals surface area (Å²) in [4.78, 5) is 0. The van der Waals surface area contributed by atoms with Gasteiger partial charge in [0.25, 0.3) is 0 Å². The molecule has 0 unspecified atom stereocenters. The Kier molecular flexibility index (Phi) is 3.28. The normalized spacial score (nSPS) is 10.6. The van der Waals surface area contributed by atoms with Crippen LogP contribution in [0.5, 0.6) is 0 Å². The minimum atomic E-state index is -0.282. The molecule has 0 atom stereocenters. The maximum atomic E-state index is 13.4. The number of anilines is 1. The van der Waals surface area contributed by atoms with Crippen molar-refractivity contribution in [2.75, 3.05) is 5.73 Å². The molecule has 0 heterocycles. The Morgan fingerprint density at radius 2 is 2.14 bits per heavy atom. The molecule has 0 amide bonds. The van der Waals surface area contributed by atoms with Gasteiger partial charge in [-0.25, -0.2) is 4.39 Å². The van der Waals surface area contributed by atoms with Gasteiger partial charge in [0, 0.05) is 11.3 Å². The maximum Gasteiger partial charge on any atom is 0.132 e. The molecule has 0 aliphatic heterocycles. The molecule has 0 radical (unpaired) electrons. The van der Waals surface area contributed by atoms with Gasteiger partial charge in [0.1, 0.15) is 5.82 Å². The number of hydrogen-bond acceptors (Lipinski definition) is 1. The zero-order valence-corrected chi connectivity index (χ0v) is 8.68. The van der Waals surface area contributed by atoms with Gasteiger partial charge in [-0.15, -0.1) is 0 Å². The van der Waals surface area contributed by atoms with E-state index in [9.17, 15) is 4.39 Å². The maximum absolute atomic E-state index is 13.4. The predicted molar refractivity (Wildman–Crippen MR) is 59.3 cm³/mol. The number of nitrogen functional groups attached to an aromatic ring is 1. The van der Waals surface area contributed by atoms with Gasteiger partial charge >= 0.3 is 0 Å². The average Bonchev–Trinajstić information content (AvgIpc) is 2.01. The van der Waals surface area contributed by atoms with Gasteiger partial charge in [-0.3, -0.25) is 0 Å². The third-order valence-electron chi connectivity index (χ3n) is 2.05. The Hall–Kier alpha value is -1.31. The molecule has 1 aromatic carbocycles. The van der Waals surface area contributed by atoms with E-state index in [-0.39, 0.29) is 5.82 Å². The molecule has 0 aromatic heterocycles. The molecule has 0 bridgehead atoms. The zero-order chi connectivity index (χ0) is 10.7. The second kappa shape index (κ2) is 4.27. The summed E-state index contributed by atoms with van der Waals surface area (Å²) >= 11 is 0. The van der Waals surface area contributed by atoms with E-state index in [4.69, 9.17) is 5.73 Å². The van der Waals surface area contributed by atoms with Crippen LogP contribution in [0.3, 0.4) is 0 Å². The van der Waals surface area contributed by atoms with Crippen molar-refractivity contribution in [3.05, 3.63) is 36.2 Å². The minimum absolute atomic E-state index is 0.282. The number of rotatable bonds is 3. The van der Waals surface area contributed by atoms with Crippen molar-refractivity contribution >= 4 is 11.3 Å². The van der Waals surface area contributed by atoms with Gasteiger partial charge in [-0.05, 0) is 30.0 Å². The predicted octanol–water partition coefficient (Wildman–Crippen LogP) is 3.47. The topological polar surface area (TPSA) is 26.0 Å². The van der Waals surface area contributed by atoms with Crippen LogP contribution in [0.2, 0.25) is 0 Å². The summed E-state index contributed by atoms with van der Waals surface area (Å²) < 4.78 is 13.4. The van der Waals surface area contributed by atoms with E-state index in [0.29, 0.717) is 17.2 Å². The highest BCUT2D eigenvalue weighted by atomic mass is 19.1. The Morgan fingerprint density at radius 3 is 2.64 bits per heavy atom. The Balaban J connectivity index is 3.00. The van der Waals surface area contributed by atoms with Crippen molar-refractivity contribution in [1.82, 2.24) is 0 Å². The van der Waals surface area contributed by atoms with Gasteiger partial charge in [0.15, 0.2) is 0 Å². The Bertz CT molecular complexity index is 322. The quantitative estimate of drug-likeness (QED) is 0.731. The molecule has 0 aliphatic rings. The fourth-order valence-corrected chi connectivity index (χ4v) is 1.51. The number of hydrogen-bond donors (Lipinski definition) is 1. The Labute approximate surface area is 84.4 Å². The summed E-state index contributed by atoms with van der Waals surface area (Å²) in [5, 5.41) is 0. The zero-order valence-electron chi connectivity index (χ0n) is 8.68. The van der Waals surface area contributed by atoms with Gasteiger partial charge in [-0.1, -0.05) is 26.5 Å². The van der Waals surface area contributed by atoms with E-state index in [1.54, 1.807) is 12.1 Å². The van der Waals surface area contributed by atoms with E-state index in [2.05, 4.69) is 20.4 Å². The van der Waals surface area contributed by atoms with Crippen LogP contribution in [0.25, 0.3) is 5.57 Å². The lowest BCUT2D eigenvalue weighted by molar-refractivity contribution is 0.619. The highest BCUT2D eigenvalue weighted by molar-refractivity contribution is 5.74. The van der Waals surface area contributed by atoms with Crippen LogP contribution in [0.1, 0.15) is 25.8 Å². The smallest absolute Gasteiger partial charge is 0.132 e. The second-order valence-electron chi connectivity index (χ2n) is 3.91. The number of allylic oxidation sites excluding steroid dienone is 1. The van der Waals surface area contributed by atoms with Crippen LogP contribution in [-0.4, -0.2) is 0 Å². The molecule has 14 heavy (non-hydrogen) atoms. The summed E-state index contributed by atoms with van der Waals surface area (Å²) in [6, 6.07) is 4.72. The van der Waals surface area contributed by atoms with Crippen molar-refractivity contribution in [3.63, 3.8) is 0 Å². The molecule has 2 heteroatoms. The van der Waals surface area contributed by atoms with Crippen molar-refractivity contribution in [3.8, 4) is 0 Å². The lowest BCUT2D eigenvalue weighted by Gasteiger charge is -2.11. The first-order valence-corrected chi connectivity index (χ1v) is 4.74.